The van der Waals surface area contributed by atoms with Crippen molar-refractivity contribution >= 4 is 9.84 Å². The van der Waals surface area contributed by atoms with Crippen molar-refractivity contribution in [1.29, 1.82) is 0 Å². The first-order chi connectivity index (χ1) is 9.37. The molecule has 1 saturated heterocycles. The molecular formula is C14H20O5S. The van der Waals surface area contributed by atoms with Crippen LogP contribution in [0.25, 0.3) is 0 Å². The number of ether oxygens (including phenoxy) is 1. The number of sulfone groups is 1. The lowest BCUT2D eigenvalue weighted by Gasteiger charge is -2.17. The van der Waals surface area contributed by atoms with Gasteiger partial charge in [0, 0.05) is 6.42 Å². The third-order valence-corrected chi connectivity index (χ3v) is 5.03. The highest BCUT2D eigenvalue weighted by atomic mass is 32.2. The van der Waals surface area contributed by atoms with E-state index in [1.165, 1.54) is 6.92 Å². The van der Waals surface area contributed by atoms with Crippen molar-refractivity contribution < 1.29 is 23.4 Å². The van der Waals surface area contributed by atoms with E-state index in [1.54, 1.807) is 24.3 Å². The molecule has 1 aromatic carbocycles. The first kappa shape index (κ1) is 15.4. The van der Waals surface area contributed by atoms with Gasteiger partial charge < -0.3 is 14.9 Å². The van der Waals surface area contributed by atoms with Crippen LogP contribution in [-0.4, -0.2) is 48.8 Å². The van der Waals surface area contributed by atoms with Gasteiger partial charge in [0.1, 0.15) is 6.10 Å². The fraction of sp³-hybridized carbons (Fsp3) is 0.571. The summed E-state index contributed by atoms with van der Waals surface area (Å²) in [5.41, 5.74) is 0.734. The molecule has 2 N–H and O–H groups in total. The number of benzene rings is 1. The zero-order valence-corrected chi connectivity index (χ0v) is 12.2. The average molecular weight is 300 g/mol. The quantitative estimate of drug-likeness (QED) is 0.827. The van der Waals surface area contributed by atoms with Crippen LogP contribution >= 0.6 is 0 Å². The van der Waals surface area contributed by atoms with Crippen LogP contribution in [0.5, 0.6) is 0 Å². The van der Waals surface area contributed by atoms with Crippen molar-refractivity contribution in [3.05, 3.63) is 35.9 Å². The van der Waals surface area contributed by atoms with E-state index in [9.17, 15) is 18.6 Å². The summed E-state index contributed by atoms with van der Waals surface area (Å²) in [7, 11) is -3.31. The van der Waals surface area contributed by atoms with Crippen LogP contribution in [0.1, 0.15) is 18.9 Å². The summed E-state index contributed by atoms with van der Waals surface area (Å²) in [5, 5.41) is 19.2. The summed E-state index contributed by atoms with van der Waals surface area (Å²) in [6.45, 7) is 1.52. The molecule has 0 aromatic heterocycles. The molecule has 0 saturated carbocycles. The maximum atomic E-state index is 12.1. The predicted octanol–water partition coefficient (Wildman–Crippen LogP) is 0.501. The van der Waals surface area contributed by atoms with Gasteiger partial charge in [0.05, 0.1) is 29.8 Å². The number of hydrogen-bond donors (Lipinski definition) is 2. The highest BCUT2D eigenvalue weighted by molar-refractivity contribution is 7.90. The van der Waals surface area contributed by atoms with Gasteiger partial charge in [-0.2, -0.15) is 0 Å². The molecule has 0 aliphatic carbocycles. The average Bonchev–Trinajstić information content (AvgIpc) is 2.70. The molecule has 5 nitrogen and oxygen atoms in total. The van der Waals surface area contributed by atoms with Crippen molar-refractivity contribution in [3.8, 4) is 0 Å². The molecular weight excluding hydrogens is 280 g/mol. The summed E-state index contributed by atoms with van der Waals surface area (Å²) in [5.74, 6) is -0.175. The van der Waals surface area contributed by atoms with E-state index < -0.39 is 34.3 Å². The Morgan fingerprint density at radius 3 is 2.55 bits per heavy atom. The van der Waals surface area contributed by atoms with Crippen LogP contribution in [-0.2, 0) is 20.3 Å². The van der Waals surface area contributed by atoms with Crippen LogP contribution < -0.4 is 0 Å². The Morgan fingerprint density at radius 1 is 1.35 bits per heavy atom. The van der Waals surface area contributed by atoms with Crippen LogP contribution in [0, 0.1) is 0 Å². The first-order valence-corrected chi connectivity index (χ1v) is 8.45. The van der Waals surface area contributed by atoms with Gasteiger partial charge in [-0.25, -0.2) is 8.42 Å². The lowest BCUT2D eigenvalue weighted by Crippen LogP contribution is -2.32. The first-order valence-electron chi connectivity index (χ1n) is 6.63. The minimum Gasteiger partial charge on any atom is -0.391 e. The van der Waals surface area contributed by atoms with Gasteiger partial charge in [-0.05, 0) is 12.5 Å². The number of aliphatic hydroxyl groups excluding tert-OH is 2. The Hall–Kier alpha value is -0.950. The fourth-order valence-electron chi connectivity index (χ4n) is 2.48. The van der Waals surface area contributed by atoms with Gasteiger partial charge in [0.2, 0.25) is 0 Å². The zero-order valence-electron chi connectivity index (χ0n) is 11.3. The lowest BCUT2D eigenvalue weighted by atomic mass is 10.1. The topological polar surface area (TPSA) is 83.8 Å². The largest absolute Gasteiger partial charge is 0.391 e. The normalized spacial score (nSPS) is 28.4. The Bertz CT molecular complexity index is 526. The van der Waals surface area contributed by atoms with Gasteiger partial charge in [0.15, 0.2) is 9.84 Å². The van der Waals surface area contributed by atoms with Crippen LogP contribution in [0.3, 0.4) is 0 Å². The molecule has 1 aliphatic rings. The molecule has 6 heteroatoms. The number of rotatable bonds is 5. The standard InChI is InChI=1S/C14H20O5S/c1-10(15)14-13(16)7-12(19-14)9-20(17,18)8-11-5-3-2-4-6-11/h2-6,10,12-16H,7-9H2,1H3/t10-,12-,13+,14-/m1/s1. The highest BCUT2D eigenvalue weighted by Crippen LogP contribution is 2.24. The number of aliphatic hydroxyl groups is 2. The van der Waals surface area contributed by atoms with Gasteiger partial charge in [-0.1, -0.05) is 30.3 Å². The van der Waals surface area contributed by atoms with Crippen molar-refractivity contribution in [2.75, 3.05) is 5.75 Å². The third kappa shape index (κ3) is 4.02. The minimum atomic E-state index is -3.31. The van der Waals surface area contributed by atoms with E-state index >= 15 is 0 Å². The third-order valence-electron chi connectivity index (χ3n) is 3.38. The van der Waals surface area contributed by atoms with Gasteiger partial charge in [0.25, 0.3) is 0 Å². The second-order valence-corrected chi connectivity index (χ2v) is 7.42. The summed E-state index contributed by atoms with van der Waals surface area (Å²) >= 11 is 0. The van der Waals surface area contributed by atoms with E-state index in [0.717, 1.165) is 5.56 Å². The molecule has 1 aliphatic heterocycles. The fourth-order valence-corrected chi connectivity index (χ4v) is 4.08. The van der Waals surface area contributed by atoms with E-state index in [0.29, 0.717) is 0 Å². The van der Waals surface area contributed by atoms with E-state index in [2.05, 4.69) is 0 Å². The van der Waals surface area contributed by atoms with Crippen LogP contribution in [0.2, 0.25) is 0 Å². The van der Waals surface area contributed by atoms with Gasteiger partial charge in [-0.3, -0.25) is 0 Å². The van der Waals surface area contributed by atoms with Gasteiger partial charge in [-0.15, -0.1) is 0 Å². The Kier molecular flexibility index (Phi) is 4.80. The lowest BCUT2D eigenvalue weighted by molar-refractivity contribution is -0.0537. The van der Waals surface area contributed by atoms with Crippen molar-refractivity contribution in [2.45, 2.75) is 43.5 Å². The van der Waals surface area contributed by atoms with Gasteiger partial charge >= 0.3 is 0 Å². The molecule has 1 aromatic rings. The molecule has 0 amide bonds. The molecule has 0 radical (unpaired) electrons. The second-order valence-electron chi connectivity index (χ2n) is 5.31. The molecule has 0 spiro atoms. The molecule has 20 heavy (non-hydrogen) atoms. The molecule has 0 unspecified atom stereocenters. The summed E-state index contributed by atoms with van der Waals surface area (Å²) in [6.07, 6.45) is -2.65. The number of hydrogen-bond acceptors (Lipinski definition) is 5. The second kappa shape index (κ2) is 6.22. The molecule has 1 fully saturated rings. The summed E-state index contributed by atoms with van der Waals surface area (Å²) in [4.78, 5) is 0. The van der Waals surface area contributed by atoms with Crippen molar-refractivity contribution in [1.82, 2.24) is 0 Å². The monoisotopic (exact) mass is 300 g/mol. The smallest absolute Gasteiger partial charge is 0.156 e. The maximum Gasteiger partial charge on any atom is 0.156 e. The zero-order chi connectivity index (χ0) is 14.8. The Balaban J connectivity index is 1.96. The van der Waals surface area contributed by atoms with Crippen molar-refractivity contribution in [3.63, 3.8) is 0 Å². The molecule has 0 bridgehead atoms. The Labute approximate surface area is 119 Å². The summed E-state index contributed by atoms with van der Waals surface area (Å²) in [6, 6.07) is 8.95. The molecule has 112 valence electrons. The highest BCUT2D eigenvalue weighted by Gasteiger charge is 2.38. The van der Waals surface area contributed by atoms with E-state index in [4.69, 9.17) is 4.74 Å². The SMILES string of the molecule is C[C@@H](O)[C@H]1O[C@@H](CS(=O)(=O)Cc2ccccc2)C[C@@H]1O. The summed E-state index contributed by atoms with van der Waals surface area (Å²) < 4.78 is 29.7. The van der Waals surface area contributed by atoms with Crippen LogP contribution in [0.4, 0.5) is 0 Å². The maximum absolute atomic E-state index is 12.1. The van der Waals surface area contributed by atoms with Crippen LogP contribution in [0.15, 0.2) is 30.3 Å². The minimum absolute atomic E-state index is 0.0386. The molecule has 4 atom stereocenters. The Morgan fingerprint density at radius 2 is 2.00 bits per heavy atom. The molecule has 1 heterocycles. The predicted molar refractivity (Wildman–Crippen MR) is 74.9 cm³/mol. The van der Waals surface area contributed by atoms with Crippen molar-refractivity contribution in [2.24, 2.45) is 0 Å². The van der Waals surface area contributed by atoms with E-state index in [-0.39, 0.29) is 17.9 Å². The van der Waals surface area contributed by atoms with E-state index in [1.807, 2.05) is 6.07 Å². The molecule has 2 rings (SSSR count).